The fourth-order valence-electron chi connectivity index (χ4n) is 3.38. The molecular formula is C14H15FN2. The molecule has 2 saturated carbocycles. The molecule has 0 aliphatic heterocycles. The van der Waals surface area contributed by atoms with Crippen LogP contribution in [-0.2, 0) is 0 Å². The molecule has 3 heteroatoms. The topological polar surface area (TPSA) is 35.8 Å². The van der Waals surface area contributed by atoms with E-state index in [1.54, 1.807) is 12.1 Å². The molecule has 0 amide bonds. The lowest BCUT2D eigenvalue weighted by Crippen LogP contribution is -2.26. The lowest BCUT2D eigenvalue weighted by molar-refractivity contribution is 0.439. The third kappa shape index (κ3) is 1.78. The summed E-state index contributed by atoms with van der Waals surface area (Å²) in [5, 5.41) is 12.3. The second-order valence-corrected chi connectivity index (χ2v) is 5.20. The molecule has 2 fully saturated rings. The van der Waals surface area contributed by atoms with E-state index in [-0.39, 0.29) is 5.56 Å². The molecule has 1 N–H and O–H groups in total. The minimum absolute atomic E-state index is 0.148. The fraction of sp³-hybridized carbons (Fsp3) is 0.500. The smallest absolute Gasteiger partial charge is 0.143 e. The van der Waals surface area contributed by atoms with Gasteiger partial charge in [-0.15, -0.1) is 0 Å². The Morgan fingerprint density at radius 2 is 2.18 bits per heavy atom. The maximum absolute atomic E-state index is 13.4. The second kappa shape index (κ2) is 4.03. The molecule has 0 radical (unpaired) electrons. The first-order valence-corrected chi connectivity index (χ1v) is 6.23. The zero-order valence-corrected chi connectivity index (χ0v) is 9.62. The van der Waals surface area contributed by atoms with Gasteiger partial charge in [-0.05, 0) is 43.2 Å². The lowest BCUT2D eigenvalue weighted by Gasteiger charge is -2.24. The summed E-state index contributed by atoms with van der Waals surface area (Å²) < 4.78 is 13.4. The van der Waals surface area contributed by atoms with E-state index in [0.717, 1.165) is 11.8 Å². The molecule has 2 aliphatic rings. The summed E-state index contributed by atoms with van der Waals surface area (Å²) in [6.07, 6.45) is 5.09. The highest BCUT2D eigenvalue weighted by Gasteiger charge is 2.39. The molecule has 2 nitrogen and oxygen atoms in total. The van der Waals surface area contributed by atoms with Crippen LogP contribution in [0.1, 0.15) is 31.2 Å². The first-order valence-electron chi connectivity index (χ1n) is 6.23. The number of hydrogen-bond donors (Lipinski definition) is 1. The largest absolute Gasteiger partial charge is 0.381 e. The van der Waals surface area contributed by atoms with Crippen molar-refractivity contribution in [2.75, 3.05) is 5.32 Å². The molecule has 3 unspecified atom stereocenters. The Bertz CT molecular complexity index is 478. The average Bonchev–Trinajstić information content (AvgIpc) is 2.91. The first kappa shape index (κ1) is 10.6. The molecule has 17 heavy (non-hydrogen) atoms. The van der Waals surface area contributed by atoms with Crippen LogP contribution in [0.15, 0.2) is 18.2 Å². The molecule has 3 rings (SSSR count). The second-order valence-electron chi connectivity index (χ2n) is 5.20. The van der Waals surface area contributed by atoms with Crippen molar-refractivity contribution in [1.82, 2.24) is 0 Å². The maximum Gasteiger partial charge on any atom is 0.143 e. The highest BCUT2D eigenvalue weighted by molar-refractivity contribution is 5.58. The Morgan fingerprint density at radius 3 is 2.82 bits per heavy atom. The van der Waals surface area contributed by atoms with Crippen LogP contribution in [0.25, 0.3) is 0 Å². The molecular weight excluding hydrogens is 215 g/mol. The zero-order valence-electron chi connectivity index (χ0n) is 9.62. The normalized spacial score (nSPS) is 30.2. The van der Waals surface area contributed by atoms with E-state index in [1.807, 2.05) is 6.07 Å². The van der Waals surface area contributed by atoms with Crippen LogP contribution in [0.4, 0.5) is 10.1 Å². The zero-order chi connectivity index (χ0) is 11.8. The van der Waals surface area contributed by atoms with Crippen LogP contribution in [0.5, 0.6) is 0 Å². The lowest BCUT2D eigenvalue weighted by atomic mass is 9.95. The summed E-state index contributed by atoms with van der Waals surface area (Å²) >= 11 is 0. The number of anilines is 1. The standard InChI is InChI=1S/C14H15FN2/c15-12-2-1-3-13(11(12)8-16)17-14-7-9-4-5-10(14)6-9/h1-3,9-10,14,17H,4-7H2. The van der Waals surface area contributed by atoms with Crippen LogP contribution in [-0.4, -0.2) is 6.04 Å². The van der Waals surface area contributed by atoms with Crippen molar-refractivity contribution in [2.24, 2.45) is 11.8 Å². The van der Waals surface area contributed by atoms with E-state index in [1.165, 1.54) is 31.7 Å². The van der Waals surface area contributed by atoms with Crippen LogP contribution in [0.3, 0.4) is 0 Å². The van der Waals surface area contributed by atoms with E-state index < -0.39 is 5.82 Å². The number of hydrogen-bond acceptors (Lipinski definition) is 2. The van der Waals surface area contributed by atoms with Crippen molar-refractivity contribution in [1.29, 1.82) is 5.26 Å². The van der Waals surface area contributed by atoms with Gasteiger partial charge in [-0.25, -0.2) is 4.39 Å². The van der Waals surface area contributed by atoms with Gasteiger partial charge in [-0.2, -0.15) is 5.26 Å². The van der Waals surface area contributed by atoms with Crippen molar-refractivity contribution in [3.8, 4) is 6.07 Å². The van der Waals surface area contributed by atoms with Gasteiger partial charge in [0.15, 0.2) is 0 Å². The van der Waals surface area contributed by atoms with Crippen LogP contribution >= 0.6 is 0 Å². The van der Waals surface area contributed by atoms with Crippen molar-refractivity contribution >= 4 is 5.69 Å². The monoisotopic (exact) mass is 230 g/mol. The SMILES string of the molecule is N#Cc1c(F)cccc1NC1CC2CCC1C2. The summed E-state index contributed by atoms with van der Waals surface area (Å²) in [5.74, 6) is 1.13. The van der Waals surface area contributed by atoms with E-state index >= 15 is 0 Å². The molecule has 0 spiro atoms. The molecule has 1 aromatic carbocycles. The number of rotatable bonds is 2. The van der Waals surface area contributed by atoms with E-state index in [9.17, 15) is 4.39 Å². The van der Waals surface area contributed by atoms with Gasteiger partial charge in [0.05, 0.1) is 5.69 Å². The van der Waals surface area contributed by atoms with Crippen LogP contribution < -0.4 is 5.32 Å². The van der Waals surface area contributed by atoms with Gasteiger partial charge in [0, 0.05) is 6.04 Å². The quantitative estimate of drug-likeness (QED) is 0.846. The van der Waals surface area contributed by atoms with Gasteiger partial charge >= 0.3 is 0 Å². The Hall–Kier alpha value is -1.56. The summed E-state index contributed by atoms with van der Waals surface area (Å²) in [4.78, 5) is 0. The van der Waals surface area contributed by atoms with Gasteiger partial charge in [-0.3, -0.25) is 0 Å². The Kier molecular flexibility index (Phi) is 2.51. The van der Waals surface area contributed by atoms with Crippen molar-refractivity contribution in [3.63, 3.8) is 0 Å². The fourth-order valence-corrected chi connectivity index (χ4v) is 3.38. The van der Waals surface area contributed by atoms with Crippen molar-refractivity contribution in [2.45, 2.75) is 31.7 Å². The van der Waals surface area contributed by atoms with E-state index in [4.69, 9.17) is 5.26 Å². The maximum atomic E-state index is 13.4. The molecule has 0 saturated heterocycles. The van der Waals surface area contributed by atoms with E-state index in [2.05, 4.69) is 5.32 Å². The minimum Gasteiger partial charge on any atom is -0.381 e. The first-order chi connectivity index (χ1) is 8.28. The highest BCUT2D eigenvalue weighted by Crippen LogP contribution is 2.45. The van der Waals surface area contributed by atoms with Gasteiger partial charge in [0.2, 0.25) is 0 Å². The van der Waals surface area contributed by atoms with Crippen LogP contribution in [0, 0.1) is 29.0 Å². The number of benzene rings is 1. The van der Waals surface area contributed by atoms with Gasteiger partial charge in [0.1, 0.15) is 17.4 Å². The molecule has 3 atom stereocenters. The summed E-state index contributed by atoms with van der Waals surface area (Å²) in [6, 6.07) is 7.17. The van der Waals surface area contributed by atoms with Crippen molar-refractivity contribution in [3.05, 3.63) is 29.6 Å². The predicted octanol–water partition coefficient (Wildman–Crippen LogP) is 3.30. The van der Waals surface area contributed by atoms with Crippen molar-refractivity contribution < 1.29 is 4.39 Å². The van der Waals surface area contributed by atoms with Gasteiger partial charge in [0.25, 0.3) is 0 Å². The molecule has 0 aromatic heterocycles. The Labute approximate surface area is 100 Å². The molecule has 0 heterocycles. The Morgan fingerprint density at radius 1 is 1.29 bits per heavy atom. The number of halogens is 1. The third-order valence-electron chi connectivity index (χ3n) is 4.20. The molecule has 1 aromatic rings. The van der Waals surface area contributed by atoms with E-state index in [0.29, 0.717) is 11.7 Å². The summed E-state index contributed by atoms with van der Waals surface area (Å²) in [7, 11) is 0. The van der Waals surface area contributed by atoms with Crippen LogP contribution in [0.2, 0.25) is 0 Å². The molecule has 2 aliphatic carbocycles. The number of nitrogens with zero attached hydrogens (tertiary/aromatic N) is 1. The summed E-state index contributed by atoms with van der Waals surface area (Å²) in [6.45, 7) is 0. The highest BCUT2D eigenvalue weighted by atomic mass is 19.1. The molecule has 88 valence electrons. The number of nitriles is 1. The third-order valence-corrected chi connectivity index (χ3v) is 4.20. The van der Waals surface area contributed by atoms with Gasteiger partial charge in [-0.1, -0.05) is 12.5 Å². The molecule has 2 bridgehead atoms. The number of fused-ring (bicyclic) bond motifs is 2. The Balaban J connectivity index is 1.82. The summed E-state index contributed by atoms with van der Waals surface area (Å²) in [5.41, 5.74) is 0.806. The average molecular weight is 230 g/mol. The predicted molar refractivity (Wildman–Crippen MR) is 64.0 cm³/mol. The van der Waals surface area contributed by atoms with Gasteiger partial charge < -0.3 is 5.32 Å². The minimum atomic E-state index is -0.430. The number of nitrogens with one attached hydrogen (secondary N) is 1.